The van der Waals surface area contributed by atoms with Crippen LogP contribution in [0.5, 0.6) is 0 Å². The van der Waals surface area contributed by atoms with Crippen LogP contribution in [-0.2, 0) is 6.42 Å². The number of aryl methyl sites for hydroxylation is 1. The van der Waals surface area contributed by atoms with Crippen molar-refractivity contribution in [2.75, 3.05) is 6.54 Å². The number of nitrogens with two attached hydrogens (primary N) is 2. The SMILES string of the molecule is NCC(N)CCc1ccccn1. The highest BCUT2D eigenvalue weighted by Gasteiger charge is 1.99. The third kappa shape index (κ3) is 2.98. The first-order valence-electron chi connectivity index (χ1n) is 4.18. The van der Waals surface area contributed by atoms with Crippen molar-refractivity contribution >= 4 is 0 Å². The van der Waals surface area contributed by atoms with E-state index in [0.717, 1.165) is 18.5 Å². The summed E-state index contributed by atoms with van der Waals surface area (Å²) in [5.74, 6) is 0. The maximum absolute atomic E-state index is 5.67. The monoisotopic (exact) mass is 165 g/mol. The Labute approximate surface area is 72.8 Å². The molecule has 1 atom stereocenters. The smallest absolute Gasteiger partial charge is 0.0404 e. The predicted molar refractivity (Wildman–Crippen MR) is 49.6 cm³/mol. The van der Waals surface area contributed by atoms with Crippen molar-refractivity contribution in [3.8, 4) is 0 Å². The van der Waals surface area contributed by atoms with Crippen molar-refractivity contribution in [2.24, 2.45) is 11.5 Å². The molecule has 1 unspecified atom stereocenters. The molecule has 0 aliphatic carbocycles. The van der Waals surface area contributed by atoms with Crippen molar-refractivity contribution in [3.63, 3.8) is 0 Å². The number of rotatable bonds is 4. The molecule has 0 saturated heterocycles. The lowest BCUT2D eigenvalue weighted by atomic mass is 10.1. The molecule has 0 fully saturated rings. The average molecular weight is 165 g/mol. The highest BCUT2D eigenvalue weighted by atomic mass is 14.7. The van der Waals surface area contributed by atoms with E-state index in [4.69, 9.17) is 11.5 Å². The minimum atomic E-state index is 0.104. The first kappa shape index (κ1) is 9.16. The van der Waals surface area contributed by atoms with Gasteiger partial charge in [-0.1, -0.05) is 6.07 Å². The molecule has 0 saturated carbocycles. The zero-order chi connectivity index (χ0) is 8.81. The Bertz CT molecular complexity index is 210. The van der Waals surface area contributed by atoms with E-state index in [1.807, 2.05) is 18.2 Å². The molecule has 0 amide bonds. The molecule has 0 aliphatic heterocycles. The quantitative estimate of drug-likeness (QED) is 0.674. The molecule has 0 aromatic carbocycles. The summed E-state index contributed by atoms with van der Waals surface area (Å²) in [6, 6.07) is 6.00. The summed E-state index contributed by atoms with van der Waals surface area (Å²) in [7, 11) is 0. The molecule has 1 aromatic heterocycles. The lowest BCUT2D eigenvalue weighted by Gasteiger charge is -2.06. The fourth-order valence-electron chi connectivity index (χ4n) is 0.997. The van der Waals surface area contributed by atoms with Crippen LogP contribution >= 0.6 is 0 Å². The Morgan fingerprint density at radius 1 is 1.42 bits per heavy atom. The molecule has 1 rings (SSSR count). The second kappa shape index (κ2) is 4.85. The van der Waals surface area contributed by atoms with Gasteiger partial charge in [-0.3, -0.25) is 4.98 Å². The van der Waals surface area contributed by atoms with Gasteiger partial charge in [-0.15, -0.1) is 0 Å². The maximum Gasteiger partial charge on any atom is 0.0404 e. The van der Waals surface area contributed by atoms with E-state index in [0.29, 0.717) is 6.54 Å². The van der Waals surface area contributed by atoms with Crippen LogP contribution < -0.4 is 11.5 Å². The second-order valence-corrected chi connectivity index (χ2v) is 2.86. The van der Waals surface area contributed by atoms with Gasteiger partial charge < -0.3 is 11.5 Å². The molecule has 3 heteroatoms. The van der Waals surface area contributed by atoms with E-state index in [9.17, 15) is 0 Å². The lowest BCUT2D eigenvalue weighted by Crippen LogP contribution is -2.30. The van der Waals surface area contributed by atoms with Gasteiger partial charge in [0.05, 0.1) is 0 Å². The summed E-state index contributed by atoms with van der Waals surface area (Å²) >= 11 is 0. The molecule has 0 aliphatic rings. The van der Waals surface area contributed by atoms with Gasteiger partial charge in [-0.05, 0) is 25.0 Å². The van der Waals surface area contributed by atoms with Gasteiger partial charge in [0.25, 0.3) is 0 Å². The van der Waals surface area contributed by atoms with E-state index < -0.39 is 0 Å². The normalized spacial score (nSPS) is 12.8. The number of nitrogens with zero attached hydrogens (tertiary/aromatic N) is 1. The highest BCUT2D eigenvalue weighted by Crippen LogP contribution is 1.99. The zero-order valence-electron chi connectivity index (χ0n) is 7.11. The van der Waals surface area contributed by atoms with Gasteiger partial charge in [-0.25, -0.2) is 0 Å². The number of pyridine rings is 1. The summed E-state index contributed by atoms with van der Waals surface area (Å²) in [4.78, 5) is 4.19. The first-order chi connectivity index (χ1) is 5.83. The Hall–Kier alpha value is -0.930. The largest absolute Gasteiger partial charge is 0.329 e. The van der Waals surface area contributed by atoms with Gasteiger partial charge in [0.2, 0.25) is 0 Å². The number of hydrogen-bond acceptors (Lipinski definition) is 3. The van der Waals surface area contributed by atoms with Crippen LogP contribution in [0.25, 0.3) is 0 Å². The minimum absolute atomic E-state index is 0.104. The molecule has 1 aromatic rings. The van der Waals surface area contributed by atoms with Crippen LogP contribution in [0, 0.1) is 0 Å². The topological polar surface area (TPSA) is 64.9 Å². The van der Waals surface area contributed by atoms with Gasteiger partial charge in [0, 0.05) is 24.5 Å². The van der Waals surface area contributed by atoms with Gasteiger partial charge in [-0.2, -0.15) is 0 Å². The molecular formula is C9H15N3. The molecule has 0 radical (unpaired) electrons. The number of aromatic nitrogens is 1. The fraction of sp³-hybridized carbons (Fsp3) is 0.444. The van der Waals surface area contributed by atoms with Crippen LogP contribution in [0.15, 0.2) is 24.4 Å². The zero-order valence-corrected chi connectivity index (χ0v) is 7.11. The van der Waals surface area contributed by atoms with Crippen molar-refractivity contribution in [2.45, 2.75) is 18.9 Å². The van der Waals surface area contributed by atoms with Crippen LogP contribution in [0.2, 0.25) is 0 Å². The average Bonchev–Trinajstić information content (AvgIpc) is 2.16. The molecule has 1 heterocycles. The van der Waals surface area contributed by atoms with E-state index in [1.54, 1.807) is 6.20 Å². The third-order valence-electron chi connectivity index (χ3n) is 1.80. The fourth-order valence-corrected chi connectivity index (χ4v) is 0.997. The highest BCUT2D eigenvalue weighted by molar-refractivity contribution is 5.03. The Morgan fingerprint density at radius 2 is 2.25 bits per heavy atom. The van der Waals surface area contributed by atoms with E-state index in [1.165, 1.54) is 0 Å². The van der Waals surface area contributed by atoms with E-state index >= 15 is 0 Å². The van der Waals surface area contributed by atoms with Gasteiger partial charge >= 0.3 is 0 Å². The van der Waals surface area contributed by atoms with Crippen LogP contribution in [0.3, 0.4) is 0 Å². The van der Waals surface area contributed by atoms with Crippen molar-refractivity contribution < 1.29 is 0 Å². The summed E-state index contributed by atoms with van der Waals surface area (Å²) in [5.41, 5.74) is 12.1. The summed E-state index contributed by atoms with van der Waals surface area (Å²) < 4.78 is 0. The third-order valence-corrected chi connectivity index (χ3v) is 1.80. The lowest BCUT2D eigenvalue weighted by molar-refractivity contribution is 0.617. The van der Waals surface area contributed by atoms with Crippen molar-refractivity contribution in [1.82, 2.24) is 4.98 Å². The Morgan fingerprint density at radius 3 is 2.83 bits per heavy atom. The standard InChI is InChI=1S/C9H15N3/c10-7-8(11)4-5-9-3-1-2-6-12-9/h1-3,6,8H,4-5,7,10-11H2. The molecular weight excluding hydrogens is 150 g/mol. The van der Waals surface area contributed by atoms with E-state index in [-0.39, 0.29) is 6.04 Å². The van der Waals surface area contributed by atoms with Crippen LogP contribution in [0.4, 0.5) is 0 Å². The summed E-state index contributed by atoms with van der Waals surface area (Å²) in [6.45, 7) is 0.548. The van der Waals surface area contributed by atoms with Crippen LogP contribution in [0.1, 0.15) is 12.1 Å². The number of hydrogen-bond donors (Lipinski definition) is 2. The summed E-state index contributed by atoms with van der Waals surface area (Å²) in [6.07, 6.45) is 3.62. The maximum atomic E-state index is 5.67. The Kier molecular flexibility index (Phi) is 3.70. The predicted octanol–water partition coefficient (Wildman–Crippen LogP) is 0.300. The molecule has 12 heavy (non-hydrogen) atoms. The van der Waals surface area contributed by atoms with Gasteiger partial charge in [0.1, 0.15) is 0 Å². The van der Waals surface area contributed by atoms with Crippen molar-refractivity contribution in [1.29, 1.82) is 0 Å². The molecule has 0 spiro atoms. The Balaban J connectivity index is 2.33. The molecule has 0 bridgehead atoms. The van der Waals surface area contributed by atoms with Crippen LogP contribution in [-0.4, -0.2) is 17.6 Å². The summed E-state index contributed by atoms with van der Waals surface area (Å²) in [5, 5.41) is 0. The minimum Gasteiger partial charge on any atom is -0.329 e. The molecule has 4 N–H and O–H groups in total. The van der Waals surface area contributed by atoms with Gasteiger partial charge in [0.15, 0.2) is 0 Å². The second-order valence-electron chi connectivity index (χ2n) is 2.86. The molecule has 3 nitrogen and oxygen atoms in total. The van der Waals surface area contributed by atoms with E-state index in [2.05, 4.69) is 4.98 Å². The van der Waals surface area contributed by atoms with Crippen molar-refractivity contribution in [3.05, 3.63) is 30.1 Å². The molecule has 66 valence electrons. The first-order valence-corrected chi connectivity index (χ1v) is 4.18.